The Bertz CT molecular complexity index is 693. The fourth-order valence-electron chi connectivity index (χ4n) is 1.66. The van der Waals surface area contributed by atoms with Gasteiger partial charge in [-0.1, -0.05) is 0 Å². The van der Waals surface area contributed by atoms with Crippen LogP contribution in [0, 0.1) is 0 Å². The Morgan fingerprint density at radius 2 is 2.11 bits per heavy atom. The molecule has 0 aliphatic rings. The Morgan fingerprint density at radius 3 is 2.68 bits per heavy atom. The fraction of sp³-hybridized carbons (Fsp3) is 0.182. The van der Waals surface area contributed by atoms with Gasteiger partial charge in [-0.05, 0) is 24.3 Å². The molecule has 0 aliphatic carbocycles. The second-order valence-corrected chi connectivity index (χ2v) is 5.70. The first kappa shape index (κ1) is 13.4. The lowest BCUT2D eigenvalue weighted by molar-refractivity contribution is 0.598. The number of nitrogens with two attached hydrogens (primary N) is 2. The van der Waals surface area contributed by atoms with Crippen LogP contribution >= 0.6 is 0 Å². The van der Waals surface area contributed by atoms with E-state index in [0.29, 0.717) is 17.9 Å². The van der Waals surface area contributed by atoms with Gasteiger partial charge in [-0.15, -0.1) is 0 Å². The van der Waals surface area contributed by atoms with Crippen LogP contribution in [0.2, 0.25) is 0 Å². The molecule has 5 N–H and O–H groups in total. The van der Waals surface area contributed by atoms with E-state index in [9.17, 15) is 8.42 Å². The molecule has 7 nitrogen and oxygen atoms in total. The molecule has 1 aromatic heterocycles. The van der Waals surface area contributed by atoms with Crippen LogP contribution in [-0.2, 0) is 23.6 Å². The van der Waals surface area contributed by atoms with E-state index < -0.39 is 10.0 Å². The summed E-state index contributed by atoms with van der Waals surface area (Å²) in [4.78, 5) is -0.0139. The average Bonchev–Trinajstić information content (AvgIpc) is 2.70. The SMILES string of the molecule is Cn1nccc1CNc1cc(N)cc(S(N)(=O)=O)c1. The van der Waals surface area contributed by atoms with Gasteiger partial charge in [-0.25, -0.2) is 13.6 Å². The topological polar surface area (TPSA) is 116 Å². The van der Waals surface area contributed by atoms with Crippen molar-refractivity contribution in [3.63, 3.8) is 0 Å². The van der Waals surface area contributed by atoms with Gasteiger partial charge >= 0.3 is 0 Å². The highest BCUT2D eigenvalue weighted by atomic mass is 32.2. The molecule has 8 heteroatoms. The maximum Gasteiger partial charge on any atom is 0.238 e. The zero-order valence-electron chi connectivity index (χ0n) is 10.4. The Kier molecular flexibility index (Phi) is 3.45. The third-order valence-corrected chi connectivity index (χ3v) is 3.55. The fourth-order valence-corrected chi connectivity index (χ4v) is 2.25. The summed E-state index contributed by atoms with van der Waals surface area (Å²) in [6.07, 6.45) is 1.69. The van der Waals surface area contributed by atoms with Gasteiger partial charge in [0.15, 0.2) is 0 Å². The molecular formula is C11H15N5O2S. The van der Waals surface area contributed by atoms with E-state index >= 15 is 0 Å². The third kappa shape index (κ3) is 3.24. The Morgan fingerprint density at radius 1 is 1.37 bits per heavy atom. The van der Waals surface area contributed by atoms with Gasteiger partial charge in [0.1, 0.15) is 0 Å². The van der Waals surface area contributed by atoms with E-state index in [4.69, 9.17) is 10.9 Å². The molecule has 2 aromatic rings. The van der Waals surface area contributed by atoms with E-state index in [0.717, 1.165) is 5.69 Å². The molecule has 0 spiro atoms. The van der Waals surface area contributed by atoms with Crippen LogP contribution in [0.3, 0.4) is 0 Å². The lowest BCUT2D eigenvalue weighted by Gasteiger charge is -2.09. The number of anilines is 2. The summed E-state index contributed by atoms with van der Waals surface area (Å²) in [5.74, 6) is 0. The molecule has 1 aromatic carbocycles. The zero-order chi connectivity index (χ0) is 14.0. The molecule has 102 valence electrons. The second-order valence-electron chi connectivity index (χ2n) is 4.14. The first-order chi connectivity index (χ1) is 8.86. The summed E-state index contributed by atoms with van der Waals surface area (Å²) in [6, 6.07) is 6.28. The first-order valence-corrected chi connectivity index (χ1v) is 7.05. The summed E-state index contributed by atoms with van der Waals surface area (Å²) in [7, 11) is -1.94. The molecular weight excluding hydrogens is 266 g/mol. The molecule has 0 atom stereocenters. The summed E-state index contributed by atoms with van der Waals surface area (Å²) >= 11 is 0. The number of sulfonamides is 1. The van der Waals surface area contributed by atoms with Crippen molar-refractivity contribution < 1.29 is 8.42 Å². The number of nitrogens with one attached hydrogen (secondary N) is 1. The Hall–Kier alpha value is -2.06. The number of hydrogen-bond donors (Lipinski definition) is 3. The van der Waals surface area contributed by atoms with Crippen LogP contribution in [0.1, 0.15) is 5.69 Å². The zero-order valence-corrected chi connectivity index (χ0v) is 11.2. The van der Waals surface area contributed by atoms with Crippen molar-refractivity contribution in [2.75, 3.05) is 11.1 Å². The first-order valence-electron chi connectivity index (χ1n) is 5.50. The number of hydrogen-bond acceptors (Lipinski definition) is 5. The van der Waals surface area contributed by atoms with Crippen molar-refractivity contribution in [1.29, 1.82) is 0 Å². The summed E-state index contributed by atoms with van der Waals surface area (Å²) in [5, 5.41) is 12.2. The molecule has 0 fully saturated rings. The molecule has 2 rings (SSSR count). The lowest BCUT2D eigenvalue weighted by atomic mass is 10.2. The minimum absolute atomic E-state index is 0.0139. The van der Waals surface area contributed by atoms with Gasteiger partial charge in [0.25, 0.3) is 0 Å². The van der Waals surface area contributed by atoms with E-state index in [2.05, 4.69) is 10.4 Å². The maximum atomic E-state index is 11.3. The standard InChI is InChI=1S/C11H15N5O2S/c1-16-10(2-3-15-16)7-14-9-4-8(12)5-11(6-9)19(13,17)18/h2-6,14H,7,12H2,1H3,(H2,13,17,18). The van der Waals surface area contributed by atoms with E-state index in [-0.39, 0.29) is 4.90 Å². The van der Waals surface area contributed by atoms with Crippen LogP contribution in [0.25, 0.3) is 0 Å². The molecule has 0 unspecified atom stereocenters. The van der Waals surface area contributed by atoms with Gasteiger partial charge in [0, 0.05) is 24.6 Å². The number of nitrogen functional groups attached to an aromatic ring is 1. The number of aryl methyl sites for hydroxylation is 1. The Balaban J connectivity index is 2.22. The van der Waals surface area contributed by atoms with Gasteiger partial charge in [0.2, 0.25) is 10.0 Å². The molecule has 1 heterocycles. The van der Waals surface area contributed by atoms with Crippen molar-refractivity contribution in [1.82, 2.24) is 9.78 Å². The highest BCUT2D eigenvalue weighted by Crippen LogP contribution is 2.20. The molecule has 0 radical (unpaired) electrons. The van der Waals surface area contributed by atoms with Gasteiger partial charge in [-0.2, -0.15) is 5.10 Å². The smallest absolute Gasteiger partial charge is 0.238 e. The van der Waals surface area contributed by atoms with Crippen molar-refractivity contribution in [2.45, 2.75) is 11.4 Å². The number of primary sulfonamides is 1. The van der Waals surface area contributed by atoms with Crippen molar-refractivity contribution >= 4 is 21.4 Å². The largest absolute Gasteiger partial charge is 0.399 e. The van der Waals surface area contributed by atoms with Crippen molar-refractivity contribution in [2.24, 2.45) is 12.2 Å². The third-order valence-electron chi connectivity index (χ3n) is 2.65. The monoisotopic (exact) mass is 281 g/mol. The normalized spacial score (nSPS) is 11.5. The number of benzene rings is 1. The maximum absolute atomic E-state index is 11.3. The molecule has 0 amide bonds. The van der Waals surface area contributed by atoms with Crippen molar-refractivity contribution in [3.05, 3.63) is 36.2 Å². The predicted molar refractivity (Wildman–Crippen MR) is 72.8 cm³/mol. The van der Waals surface area contributed by atoms with Crippen LogP contribution in [0.5, 0.6) is 0 Å². The molecule has 0 bridgehead atoms. The van der Waals surface area contributed by atoms with Gasteiger partial charge < -0.3 is 11.1 Å². The van der Waals surface area contributed by atoms with Crippen LogP contribution < -0.4 is 16.2 Å². The van der Waals surface area contributed by atoms with Crippen LogP contribution in [0.15, 0.2) is 35.4 Å². The van der Waals surface area contributed by atoms with Crippen molar-refractivity contribution in [3.8, 4) is 0 Å². The molecule has 0 saturated heterocycles. The average molecular weight is 281 g/mol. The van der Waals surface area contributed by atoms with E-state index in [1.807, 2.05) is 13.1 Å². The number of nitrogens with zero attached hydrogens (tertiary/aromatic N) is 2. The minimum Gasteiger partial charge on any atom is -0.399 e. The van der Waals surface area contributed by atoms with Crippen LogP contribution in [-0.4, -0.2) is 18.2 Å². The van der Waals surface area contributed by atoms with Crippen LogP contribution in [0.4, 0.5) is 11.4 Å². The highest BCUT2D eigenvalue weighted by Gasteiger charge is 2.10. The molecule has 0 aliphatic heterocycles. The van der Waals surface area contributed by atoms with Gasteiger partial charge in [-0.3, -0.25) is 4.68 Å². The molecule has 0 saturated carbocycles. The van der Waals surface area contributed by atoms with E-state index in [1.54, 1.807) is 16.9 Å². The molecule has 19 heavy (non-hydrogen) atoms. The quantitative estimate of drug-likeness (QED) is 0.695. The highest BCUT2D eigenvalue weighted by molar-refractivity contribution is 7.89. The van der Waals surface area contributed by atoms with E-state index in [1.165, 1.54) is 12.1 Å². The number of rotatable bonds is 4. The summed E-state index contributed by atoms with van der Waals surface area (Å²) in [6.45, 7) is 0.504. The lowest BCUT2D eigenvalue weighted by Crippen LogP contribution is -2.13. The number of aromatic nitrogens is 2. The summed E-state index contributed by atoms with van der Waals surface area (Å²) < 4.78 is 24.3. The van der Waals surface area contributed by atoms with Gasteiger partial charge in [0.05, 0.1) is 17.1 Å². The second kappa shape index (κ2) is 4.90. The summed E-state index contributed by atoms with van der Waals surface area (Å²) in [5.41, 5.74) is 7.54. The Labute approximate surface area is 111 Å². The minimum atomic E-state index is -3.77. The predicted octanol–water partition coefficient (Wildman–Crippen LogP) is 0.262.